The Kier molecular flexibility index (Phi) is 16.6. The maximum Gasteiger partial charge on any atom is 0.404 e. The topological polar surface area (TPSA) is 203 Å². The van der Waals surface area contributed by atoms with Crippen LogP contribution in [0, 0.1) is 5.41 Å². The van der Waals surface area contributed by atoms with Crippen LogP contribution in [0.5, 0.6) is 0 Å². The summed E-state index contributed by atoms with van der Waals surface area (Å²) in [7, 11) is 0. The van der Waals surface area contributed by atoms with E-state index in [2.05, 4.69) is 10.5 Å². The molecule has 0 unspecified atom stereocenters. The van der Waals surface area contributed by atoms with Gasteiger partial charge in [0.25, 0.3) is 0 Å². The van der Waals surface area contributed by atoms with Crippen LogP contribution < -0.4 is 5.73 Å². The number of carbonyl (C=O) groups is 7. The second-order valence-corrected chi connectivity index (χ2v) is 7.03. The van der Waals surface area contributed by atoms with E-state index >= 15 is 0 Å². The predicted molar refractivity (Wildman–Crippen MR) is 109 cm³/mol. The van der Waals surface area contributed by atoms with Crippen molar-refractivity contribution in [3.63, 3.8) is 0 Å². The van der Waals surface area contributed by atoms with Crippen LogP contribution in [0.25, 0.3) is 0 Å². The van der Waals surface area contributed by atoms with Gasteiger partial charge < -0.3 is 29.8 Å². The monoisotopic (exact) mass is 477 g/mol. The lowest BCUT2D eigenvalue weighted by molar-refractivity contribution is -0.165. The lowest BCUT2D eigenvalue weighted by atomic mass is 9.92. The molecular formula is C20H31NO12. The minimum atomic E-state index is -1.51. The third kappa shape index (κ3) is 19.1. The highest BCUT2D eigenvalue weighted by atomic mass is 16.6. The van der Waals surface area contributed by atoms with Crippen molar-refractivity contribution in [2.45, 2.75) is 47.0 Å². The summed E-state index contributed by atoms with van der Waals surface area (Å²) >= 11 is 0. The van der Waals surface area contributed by atoms with Crippen molar-refractivity contribution < 1.29 is 57.6 Å². The predicted octanol–water partition coefficient (Wildman–Crippen LogP) is -0.366. The molecule has 33 heavy (non-hydrogen) atoms. The van der Waals surface area contributed by atoms with Gasteiger partial charge in [-0.2, -0.15) is 0 Å². The quantitative estimate of drug-likeness (QED) is 0.187. The highest BCUT2D eigenvalue weighted by molar-refractivity contribution is 5.95. The van der Waals surface area contributed by atoms with E-state index in [1.54, 1.807) is 6.92 Å². The molecule has 0 aliphatic heterocycles. The Morgan fingerprint density at radius 3 is 1.12 bits per heavy atom. The molecule has 0 spiro atoms. The molecule has 0 fully saturated rings. The number of rotatable bonds is 14. The first-order valence-corrected chi connectivity index (χ1v) is 9.75. The molecule has 0 saturated heterocycles. The first-order chi connectivity index (χ1) is 15.3. The summed E-state index contributed by atoms with van der Waals surface area (Å²) in [4.78, 5) is 77.1. The number of nitrogens with two attached hydrogens (primary N) is 1. The summed E-state index contributed by atoms with van der Waals surface area (Å²) in [6.45, 7) is 3.36. The second-order valence-electron chi connectivity index (χ2n) is 7.03. The number of hydrogen-bond donors (Lipinski definition) is 2. The van der Waals surface area contributed by atoms with Crippen molar-refractivity contribution in [1.29, 1.82) is 0 Å². The number of aliphatic hydroxyl groups excluding tert-OH is 1. The molecule has 3 N–H and O–H groups in total. The Balaban J connectivity index is 0. The third-order valence-corrected chi connectivity index (χ3v) is 3.42. The fourth-order valence-electron chi connectivity index (χ4n) is 1.87. The molecule has 13 heteroatoms. The van der Waals surface area contributed by atoms with Crippen LogP contribution in [0.1, 0.15) is 47.0 Å². The minimum absolute atomic E-state index is 0.356. The van der Waals surface area contributed by atoms with E-state index in [1.807, 2.05) is 0 Å². The number of carbonyl (C=O) groups excluding carboxylic acids is 7. The van der Waals surface area contributed by atoms with E-state index in [0.29, 0.717) is 6.61 Å². The molecule has 0 heterocycles. The molecule has 0 rings (SSSR count). The molecule has 0 bridgehead atoms. The van der Waals surface area contributed by atoms with Gasteiger partial charge in [0.15, 0.2) is 0 Å². The molecule has 0 atom stereocenters. The van der Waals surface area contributed by atoms with Crippen molar-refractivity contribution in [2.24, 2.45) is 11.1 Å². The summed E-state index contributed by atoms with van der Waals surface area (Å²) in [6, 6.07) is 0. The first-order valence-electron chi connectivity index (χ1n) is 9.75. The number of ether oxygens (including phenoxy) is 4. The second kappa shape index (κ2) is 17.2. The van der Waals surface area contributed by atoms with Gasteiger partial charge in [0.1, 0.15) is 56.4 Å². The largest absolute Gasteiger partial charge is 0.464 e. The normalized spacial score (nSPS) is 10.1. The van der Waals surface area contributed by atoms with Crippen LogP contribution in [0.4, 0.5) is 4.79 Å². The number of Topliss-reactive ketones (excluding diaryl/α,β-unsaturated/α-hetero) is 3. The van der Waals surface area contributed by atoms with Gasteiger partial charge in [-0.05, 0) is 27.7 Å². The zero-order valence-corrected chi connectivity index (χ0v) is 19.2. The Bertz CT molecular complexity index is 637. The Morgan fingerprint density at radius 1 is 0.667 bits per heavy atom. The zero-order valence-electron chi connectivity index (χ0n) is 19.2. The van der Waals surface area contributed by atoms with Crippen LogP contribution in [0.15, 0.2) is 0 Å². The highest BCUT2D eigenvalue weighted by Gasteiger charge is 2.35. The average molecular weight is 477 g/mol. The number of ketones is 3. The fourth-order valence-corrected chi connectivity index (χ4v) is 1.87. The van der Waals surface area contributed by atoms with Gasteiger partial charge in [-0.25, -0.2) is 4.79 Å². The van der Waals surface area contributed by atoms with E-state index < -0.39 is 92.5 Å². The maximum atomic E-state index is 11.6. The summed E-state index contributed by atoms with van der Waals surface area (Å²) in [5.74, 6) is -3.91. The number of hydrogen-bond acceptors (Lipinski definition) is 12. The Hall–Kier alpha value is -3.35. The van der Waals surface area contributed by atoms with Crippen molar-refractivity contribution in [3.8, 4) is 0 Å². The standard InChI is InChI=1S/C17H24O10.C3H7NO2/c1-11(19)4-14(22)25-8-17(7-18,9-26-15(23)5-12(2)20)10-27-16(24)6-13(3)21;1-2-6-3(4)5/h18H,4-10H2,1-3H3;2H2,1H3,(H2,4,5). The molecule has 0 aliphatic carbocycles. The maximum absolute atomic E-state index is 11.6. The number of esters is 3. The van der Waals surface area contributed by atoms with Crippen molar-refractivity contribution in [2.75, 3.05) is 33.0 Å². The number of primary amides is 1. The molecule has 1 amide bonds. The summed E-state index contributed by atoms with van der Waals surface area (Å²) in [5, 5.41) is 9.69. The minimum Gasteiger partial charge on any atom is -0.464 e. The lowest BCUT2D eigenvalue weighted by Crippen LogP contribution is -2.43. The summed E-state index contributed by atoms with van der Waals surface area (Å²) in [6.07, 6.45) is -2.18. The van der Waals surface area contributed by atoms with E-state index in [4.69, 9.17) is 14.2 Å². The SMILES string of the molecule is CC(=O)CC(=O)OCC(CO)(COC(=O)CC(C)=O)COC(=O)CC(C)=O.CCOC(N)=O. The van der Waals surface area contributed by atoms with Gasteiger partial charge >= 0.3 is 24.0 Å². The van der Waals surface area contributed by atoms with Crippen LogP contribution >= 0.6 is 0 Å². The van der Waals surface area contributed by atoms with Gasteiger partial charge in [0.2, 0.25) is 0 Å². The van der Waals surface area contributed by atoms with E-state index in [-0.39, 0.29) is 0 Å². The summed E-state index contributed by atoms with van der Waals surface area (Å²) < 4.78 is 18.9. The molecule has 13 nitrogen and oxygen atoms in total. The molecule has 0 saturated carbocycles. The zero-order chi connectivity index (χ0) is 26.0. The van der Waals surface area contributed by atoms with Crippen molar-refractivity contribution in [3.05, 3.63) is 0 Å². The van der Waals surface area contributed by atoms with E-state index in [1.165, 1.54) is 20.8 Å². The first kappa shape index (κ1) is 31.8. The average Bonchev–Trinajstić information content (AvgIpc) is 2.66. The van der Waals surface area contributed by atoms with Crippen molar-refractivity contribution in [1.82, 2.24) is 0 Å². The highest BCUT2D eigenvalue weighted by Crippen LogP contribution is 2.20. The van der Waals surface area contributed by atoms with Gasteiger partial charge in [0, 0.05) is 0 Å². The van der Waals surface area contributed by atoms with Crippen LogP contribution in [0.3, 0.4) is 0 Å². The molecule has 0 aliphatic rings. The molecule has 0 aromatic heterocycles. The van der Waals surface area contributed by atoms with Gasteiger partial charge in [-0.1, -0.05) is 0 Å². The fraction of sp³-hybridized carbons (Fsp3) is 0.650. The number of aliphatic hydroxyl groups is 1. The molecule has 188 valence electrons. The van der Waals surface area contributed by atoms with E-state index in [9.17, 15) is 38.7 Å². The molecule has 0 aromatic carbocycles. The van der Waals surface area contributed by atoms with Crippen LogP contribution in [-0.4, -0.2) is 79.5 Å². The van der Waals surface area contributed by atoms with Crippen LogP contribution in [-0.2, 0) is 47.7 Å². The molecule has 0 aromatic rings. The third-order valence-electron chi connectivity index (χ3n) is 3.42. The molecule has 0 radical (unpaired) electrons. The lowest BCUT2D eigenvalue weighted by Gasteiger charge is -2.30. The number of amides is 1. The molecular weight excluding hydrogens is 446 g/mol. The van der Waals surface area contributed by atoms with Crippen molar-refractivity contribution >= 4 is 41.4 Å². The van der Waals surface area contributed by atoms with Gasteiger partial charge in [-0.3, -0.25) is 28.8 Å². The van der Waals surface area contributed by atoms with Gasteiger partial charge in [0.05, 0.1) is 18.6 Å². The Morgan fingerprint density at radius 2 is 0.970 bits per heavy atom. The smallest absolute Gasteiger partial charge is 0.404 e. The van der Waals surface area contributed by atoms with Crippen LogP contribution in [0.2, 0.25) is 0 Å². The summed E-state index contributed by atoms with van der Waals surface area (Å²) in [5.41, 5.74) is 3.03. The Labute approximate surface area is 190 Å². The van der Waals surface area contributed by atoms with Gasteiger partial charge in [-0.15, -0.1) is 0 Å². The van der Waals surface area contributed by atoms with E-state index in [0.717, 1.165) is 0 Å².